The number of nitrogens with one attached hydrogen (secondary N) is 1. The zero-order chi connectivity index (χ0) is 13.8. The summed E-state index contributed by atoms with van der Waals surface area (Å²) >= 11 is 5.93. The van der Waals surface area contributed by atoms with Gasteiger partial charge in [0, 0.05) is 18.3 Å². The van der Waals surface area contributed by atoms with Gasteiger partial charge < -0.3 is 9.72 Å². The molecule has 0 saturated heterocycles. The number of esters is 1. The zero-order valence-corrected chi connectivity index (χ0v) is 11.6. The van der Waals surface area contributed by atoms with E-state index >= 15 is 0 Å². The van der Waals surface area contributed by atoms with Gasteiger partial charge >= 0.3 is 5.97 Å². The van der Waals surface area contributed by atoms with E-state index in [9.17, 15) is 13.2 Å². The summed E-state index contributed by atoms with van der Waals surface area (Å²) in [7, 11) is -2.18. The molecule has 0 spiro atoms. The molecule has 0 amide bonds. The lowest BCUT2D eigenvalue weighted by Gasteiger charge is -2.04. The van der Waals surface area contributed by atoms with Crippen LogP contribution in [0, 0.1) is 0 Å². The second kappa shape index (κ2) is 6.21. The average Bonchev–Trinajstić information content (AvgIpc) is 2.59. The fourth-order valence-electron chi connectivity index (χ4n) is 1.41. The van der Waals surface area contributed by atoms with Crippen LogP contribution < -0.4 is 0 Å². The van der Waals surface area contributed by atoms with Gasteiger partial charge in [0.05, 0.1) is 31.4 Å². The Morgan fingerprint density at radius 3 is 2.72 bits per heavy atom. The van der Waals surface area contributed by atoms with Crippen molar-refractivity contribution in [2.24, 2.45) is 0 Å². The van der Waals surface area contributed by atoms with Gasteiger partial charge in [-0.2, -0.15) is 8.42 Å². The van der Waals surface area contributed by atoms with E-state index in [0.717, 1.165) is 6.26 Å². The molecular weight excluding hydrogens is 282 g/mol. The van der Waals surface area contributed by atoms with Gasteiger partial charge in [-0.1, -0.05) is 11.6 Å². The zero-order valence-electron chi connectivity index (χ0n) is 10.0. The number of ether oxygens (including phenoxy) is 1. The van der Waals surface area contributed by atoms with Gasteiger partial charge in [0.25, 0.3) is 10.1 Å². The van der Waals surface area contributed by atoms with Crippen molar-refractivity contribution in [1.29, 1.82) is 0 Å². The highest BCUT2D eigenvalue weighted by atomic mass is 35.5. The largest absolute Gasteiger partial charge is 0.469 e. The minimum Gasteiger partial charge on any atom is -0.469 e. The molecule has 0 bridgehead atoms. The average molecular weight is 296 g/mol. The van der Waals surface area contributed by atoms with Crippen molar-refractivity contribution >= 4 is 27.7 Å². The molecule has 1 aromatic heterocycles. The third-order valence-electron chi connectivity index (χ3n) is 2.22. The van der Waals surface area contributed by atoms with Gasteiger partial charge in [0.15, 0.2) is 0 Å². The number of H-pyrrole nitrogens is 1. The van der Waals surface area contributed by atoms with E-state index in [0.29, 0.717) is 22.7 Å². The SMILES string of the molecule is COC(=O)Cc1[nH]cc(Cl)c1CCOS(C)(=O)=O. The molecule has 1 rings (SSSR count). The molecule has 6 nitrogen and oxygen atoms in total. The van der Waals surface area contributed by atoms with E-state index in [1.165, 1.54) is 13.3 Å². The van der Waals surface area contributed by atoms with E-state index in [-0.39, 0.29) is 13.0 Å². The number of halogens is 1. The number of hydrogen-bond donors (Lipinski definition) is 1. The molecule has 1 N–H and O–H groups in total. The Kier molecular flexibility index (Phi) is 5.18. The Morgan fingerprint density at radius 1 is 1.50 bits per heavy atom. The second-order valence-corrected chi connectivity index (χ2v) is 5.67. The van der Waals surface area contributed by atoms with Crippen LogP contribution in [0.1, 0.15) is 11.3 Å². The summed E-state index contributed by atoms with van der Waals surface area (Å²) < 4.78 is 30.8. The van der Waals surface area contributed by atoms with Gasteiger partial charge in [0.1, 0.15) is 0 Å². The molecule has 0 unspecified atom stereocenters. The predicted molar refractivity (Wildman–Crippen MR) is 66.0 cm³/mol. The second-order valence-electron chi connectivity index (χ2n) is 3.62. The van der Waals surface area contributed by atoms with Crippen molar-refractivity contribution in [2.45, 2.75) is 12.8 Å². The topological polar surface area (TPSA) is 85.5 Å². The minimum atomic E-state index is -3.48. The smallest absolute Gasteiger partial charge is 0.311 e. The quantitative estimate of drug-likeness (QED) is 0.622. The monoisotopic (exact) mass is 295 g/mol. The summed E-state index contributed by atoms with van der Waals surface area (Å²) in [4.78, 5) is 14.0. The van der Waals surface area contributed by atoms with E-state index in [1.807, 2.05) is 0 Å². The van der Waals surface area contributed by atoms with Crippen LogP contribution in [0.2, 0.25) is 5.02 Å². The fraction of sp³-hybridized carbons (Fsp3) is 0.500. The summed E-state index contributed by atoms with van der Waals surface area (Å²) in [5, 5.41) is 0.436. The van der Waals surface area contributed by atoms with Gasteiger partial charge in [-0.25, -0.2) is 0 Å². The molecule has 0 aliphatic rings. The van der Waals surface area contributed by atoms with Gasteiger partial charge in [-0.3, -0.25) is 8.98 Å². The van der Waals surface area contributed by atoms with Crippen molar-refractivity contribution in [3.05, 3.63) is 22.5 Å². The summed E-state index contributed by atoms with van der Waals surface area (Å²) in [5.74, 6) is -0.404. The highest BCUT2D eigenvalue weighted by Crippen LogP contribution is 2.21. The van der Waals surface area contributed by atoms with Crippen LogP contribution in [0.3, 0.4) is 0 Å². The molecule has 0 aromatic carbocycles. The number of rotatable bonds is 6. The Hall–Kier alpha value is -1.05. The molecule has 8 heteroatoms. The Bertz CT molecular complexity index is 522. The van der Waals surface area contributed by atoms with E-state index in [1.54, 1.807) is 0 Å². The first kappa shape index (κ1) is 15.0. The first-order chi connectivity index (χ1) is 8.33. The maximum atomic E-state index is 11.2. The molecule has 0 radical (unpaired) electrons. The summed E-state index contributed by atoms with van der Waals surface area (Å²) in [6.45, 7) is -0.0232. The third kappa shape index (κ3) is 4.67. The summed E-state index contributed by atoms with van der Waals surface area (Å²) in [5.41, 5.74) is 1.26. The molecule has 0 saturated carbocycles. The maximum Gasteiger partial charge on any atom is 0.311 e. The third-order valence-corrected chi connectivity index (χ3v) is 3.16. The first-order valence-electron chi connectivity index (χ1n) is 5.09. The number of carbonyl (C=O) groups excluding carboxylic acids is 1. The van der Waals surface area contributed by atoms with Crippen LogP contribution in [0.4, 0.5) is 0 Å². The molecule has 0 aliphatic heterocycles. The number of carbonyl (C=O) groups is 1. The van der Waals surface area contributed by atoms with Crippen LogP contribution in [0.5, 0.6) is 0 Å². The molecule has 102 valence electrons. The van der Waals surface area contributed by atoms with E-state index in [2.05, 4.69) is 13.9 Å². The summed E-state index contributed by atoms with van der Waals surface area (Å²) in [6, 6.07) is 0. The molecule has 0 aliphatic carbocycles. The van der Waals surface area contributed by atoms with Gasteiger partial charge in [-0.05, 0) is 5.56 Å². The van der Waals surface area contributed by atoms with Crippen molar-refractivity contribution in [3.63, 3.8) is 0 Å². The van der Waals surface area contributed by atoms with Crippen molar-refractivity contribution in [3.8, 4) is 0 Å². The van der Waals surface area contributed by atoms with Crippen molar-refractivity contribution in [2.75, 3.05) is 20.0 Å². The van der Waals surface area contributed by atoms with E-state index in [4.69, 9.17) is 11.6 Å². The number of methoxy groups -OCH3 is 1. The van der Waals surface area contributed by atoms with Gasteiger partial charge in [-0.15, -0.1) is 0 Å². The molecule has 1 heterocycles. The lowest BCUT2D eigenvalue weighted by atomic mass is 10.1. The van der Waals surface area contributed by atoms with Crippen molar-refractivity contribution < 1.29 is 22.1 Å². The number of aromatic nitrogens is 1. The molecular formula is C10H14ClNO5S. The van der Waals surface area contributed by atoms with Crippen molar-refractivity contribution in [1.82, 2.24) is 4.98 Å². The van der Waals surface area contributed by atoms with Crippen LogP contribution in [-0.2, 0) is 36.7 Å². The number of hydrogen-bond acceptors (Lipinski definition) is 5. The maximum absolute atomic E-state index is 11.2. The minimum absolute atomic E-state index is 0.0232. The molecule has 18 heavy (non-hydrogen) atoms. The van der Waals surface area contributed by atoms with Crippen LogP contribution in [0.25, 0.3) is 0 Å². The predicted octanol–water partition coefficient (Wildman–Crippen LogP) is 0.902. The Labute approximate surface area is 110 Å². The molecule has 1 aromatic rings. The molecule has 0 fully saturated rings. The lowest BCUT2D eigenvalue weighted by molar-refractivity contribution is -0.139. The number of aromatic amines is 1. The van der Waals surface area contributed by atoms with Crippen LogP contribution in [-0.4, -0.2) is 39.3 Å². The lowest BCUT2D eigenvalue weighted by Crippen LogP contribution is -2.10. The standard InChI is InChI=1S/C10H14ClNO5S/c1-16-10(13)5-9-7(8(11)6-12-9)3-4-17-18(2,14)15/h6,12H,3-5H2,1-2H3. The summed E-state index contributed by atoms with van der Waals surface area (Å²) in [6.07, 6.45) is 2.86. The van der Waals surface area contributed by atoms with Gasteiger partial charge in [0.2, 0.25) is 0 Å². The Balaban J connectivity index is 2.69. The highest BCUT2D eigenvalue weighted by Gasteiger charge is 2.14. The molecule has 0 atom stereocenters. The van der Waals surface area contributed by atoms with Crippen LogP contribution >= 0.6 is 11.6 Å². The highest BCUT2D eigenvalue weighted by molar-refractivity contribution is 7.85. The Morgan fingerprint density at radius 2 is 2.17 bits per heavy atom. The fourth-order valence-corrected chi connectivity index (χ4v) is 2.06. The first-order valence-corrected chi connectivity index (χ1v) is 7.28. The normalized spacial score (nSPS) is 11.5. The van der Waals surface area contributed by atoms with Crippen LogP contribution in [0.15, 0.2) is 6.20 Å². The van der Waals surface area contributed by atoms with E-state index < -0.39 is 16.1 Å².